The summed E-state index contributed by atoms with van der Waals surface area (Å²) < 4.78 is 0. The number of aliphatic hydroxyl groups is 1. The van der Waals surface area contributed by atoms with Gasteiger partial charge in [-0.1, -0.05) is 18.2 Å². The molecule has 0 saturated heterocycles. The van der Waals surface area contributed by atoms with Gasteiger partial charge in [-0.3, -0.25) is 9.78 Å². The molecule has 0 saturated carbocycles. The van der Waals surface area contributed by atoms with Gasteiger partial charge in [-0.05, 0) is 31.5 Å². The van der Waals surface area contributed by atoms with E-state index in [4.69, 9.17) is 0 Å². The van der Waals surface area contributed by atoms with Crippen LogP contribution in [0.25, 0.3) is 0 Å². The number of rotatable bonds is 3. The number of para-hydroxylation sites is 1. The Kier molecular flexibility index (Phi) is 3.92. The lowest BCUT2D eigenvalue weighted by molar-refractivity contribution is 0.102. The van der Waals surface area contributed by atoms with Gasteiger partial charge in [-0.15, -0.1) is 0 Å². The van der Waals surface area contributed by atoms with Gasteiger partial charge in [-0.25, -0.2) is 0 Å². The first kappa shape index (κ1) is 13.2. The molecule has 0 aliphatic heterocycles. The minimum atomic E-state index is -0.632. The van der Waals surface area contributed by atoms with Crippen LogP contribution in [0.2, 0.25) is 0 Å². The minimum Gasteiger partial charge on any atom is -0.389 e. The Morgan fingerprint density at radius 1 is 1.32 bits per heavy atom. The van der Waals surface area contributed by atoms with Crippen LogP contribution in [-0.2, 0) is 0 Å². The molecule has 0 radical (unpaired) electrons. The predicted molar refractivity (Wildman–Crippen MR) is 74.0 cm³/mol. The third-order valence-corrected chi connectivity index (χ3v) is 2.80. The Morgan fingerprint density at radius 3 is 2.74 bits per heavy atom. The first-order chi connectivity index (χ1) is 9.08. The van der Waals surface area contributed by atoms with Crippen LogP contribution in [0.3, 0.4) is 0 Å². The Morgan fingerprint density at radius 2 is 2.05 bits per heavy atom. The SMILES string of the molecule is Cc1cncc(C(=O)Nc2ccccc2C(C)O)c1. The van der Waals surface area contributed by atoms with E-state index < -0.39 is 6.10 Å². The number of pyridine rings is 1. The van der Waals surface area contributed by atoms with Crippen molar-refractivity contribution in [1.29, 1.82) is 0 Å². The van der Waals surface area contributed by atoms with Crippen LogP contribution in [0, 0.1) is 6.92 Å². The van der Waals surface area contributed by atoms with E-state index in [1.165, 1.54) is 6.20 Å². The van der Waals surface area contributed by atoms with E-state index in [2.05, 4.69) is 10.3 Å². The van der Waals surface area contributed by atoms with Gasteiger partial charge >= 0.3 is 0 Å². The van der Waals surface area contributed by atoms with Crippen LogP contribution in [0.5, 0.6) is 0 Å². The molecular weight excluding hydrogens is 240 g/mol. The molecule has 19 heavy (non-hydrogen) atoms. The number of aromatic nitrogens is 1. The summed E-state index contributed by atoms with van der Waals surface area (Å²) >= 11 is 0. The number of nitrogens with one attached hydrogen (secondary N) is 1. The molecule has 1 aromatic heterocycles. The van der Waals surface area contributed by atoms with Gasteiger partial charge in [0.1, 0.15) is 0 Å². The van der Waals surface area contributed by atoms with Gasteiger partial charge < -0.3 is 10.4 Å². The largest absolute Gasteiger partial charge is 0.389 e. The number of anilines is 1. The number of hydrogen-bond acceptors (Lipinski definition) is 3. The van der Waals surface area contributed by atoms with E-state index in [0.717, 1.165) is 5.56 Å². The average molecular weight is 256 g/mol. The van der Waals surface area contributed by atoms with Crippen LogP contribution < -0.4 is 5.32 Å². The lowest BCUT2D eigenvalue weighted by Gasteiger charge is -2.13. The molecule has 0 spiro atoms. The number of hydrogen-bond donors (Lipinski definition) is 2. The number of aryl methyl sites for hydroxylation is 1. The summed E-state index contributed by atoms with van der Waals surface area (Å²) in [5.41, 5.74) is 2.73. The van der Waals surface area contributed by atoms with Crippen molar-refractivity contribution in [1.82, 2.24) is 4.98 Å². The number of benzene rings is 1. The van der Waals surface area contributed by atoms with Crippen molar-refractivity contribution in [2.24, 2.45) is 0 Å². The Balaban J connectivity index is 2.24. The van der Waals surface area contributed by atoms with Crippen molar-refractivity contribution < 1.29 is 9.90 Å². The molecule has 4 nitrogen and oxygen atoms in total. The molecule has 1 heterocycles. The van der Waals surface area contributed by atoms with Crippen molar-refractivity contribution in [3.8, 4) is 0 Å². The normalized spacial score (nSPS) is 11.9. The molecule has 0 fully saturated rings. The molecule has 2 N–H and O–H groups in total. The molecule has 0 aliphatic carbocycles. The van der Waals surface area contributed by atoms with Gasteiger partial charge in [-0.2, -0.15) is 0 Å². The highest BCUT2D eigenvalue weighted by atomic mass is 16.3. The maximum atomic E-state index is 12.1. The third-order valence-electron chi connectivity index (χ3n) is 2.80. The monoisotopic (exact) mass is 256 g/mol. The van der Waals surface area contributed by atoms with E-state index >= 15 is 0 Å². The van der Waals surface area contributed by atoms with Gasteiger partial charge in [0, 0.05) is 23.6 Å². The quantitative estimate of drug-likeness (QED) is 0.887. The maximum Gasteiger partial charge on any atom is 0.257 e. The number of amides is 1. The van der Waals surface area contributed by atoms with E-state index in [1.807, 2.05) is 19.1 Å². The molecule has 4 heteroatoms. The molecule has 2 rings (SSSR count). The summed E-state index contributed by atoms with van der Waals surface area (Å²) in [6, 6.07) is 8.97. The van der Waals surface area contributed by atoms with Gasteiger partial charge in [0.2, 0.25) is 0 Å². The lowest BCUT2D eigenvalue weighted by atomic mass is 10.1. The van der Waals surface area contributed by atoms with Crippen LogP contribution in [0.1, 0.15) is 34.5 Å². The number of aliphatic hydroxyl groups excluding tert-OH is 1. The summed E-state index contributed by atoms with van der Waals surface area (Å²) in [5, 5.41) is 12.5. The molecule has 0 aliphatic rings. The molecular formula is C15H16N2O2. The van der Waals surface area contributed by atoms with E-state index in [0.29, 0.717) is 16.8 Å². The second-order valence-corrected chi connectivity index (χ2v) is 4.47. The first-order valence-electron chi connectivity index (χ1n) is 6.08. The van der Waals surface area contributed by atoms with E-state index in [1.54, 1.807) is 31.3 Å². The summed E-state index contributed by atoms with van der Waals surface area (Å²) in [7, 11) is 0. The second-order valence-electron chi connectivity index (χ2n) is 4.47. The molecule has 0 bridgehead atoms. The highest BCUT2D eigenvalue weighted by Gasteiger charge is 2.11. The Hall–Kier alpha value is -2.20. The standard InChI is InChI=1S/C15H16N2O2/c1-10-7-12(9-16-8-10)15(19)17-14-6-4-3-5-13(14)11(2)18/h3-9,11,18H,1-2H3,(H,17,19). The number of carbonyl (C=O) groups is 1. The van der Waals surface area contributed by atoms with Gasteiger partial charge in [0.15, 0.2) is 0 Å². The van der Waals surface area contributed by atoms with Crippen molar-refractivity contribution in [3.63, 3.8) is 0 Å². The van der Waals surface area contributed by atoms with Gasteiger partial charge in [0.05, 0.1) is 11.7 Å². The summed E-state index contributed by atoms with van der Waals surface area (Å²) in [6.45, 7) is 3.55. The topological polar surface area (TPSA) is 62.2 Å². The second kappa shape index (κ2) is 5.63. The molecule has 2 aromatic rings. The zero-order chi connectivity index (χ0) is 13.8. The van der Waals surface area contributed by atoms with Gasteiger partial charge in [0.25, 0.3) is 5.91 Å². The maximum absolute atomic E-state index is 12.1. The van der Waals surface area contributed by atoms with Crippen molar-refractivity contribution in [2.75, 3.05) is 5.32 Å². The summed E-state index contributed by atoms with van der Waals surface area (Å²) in [4.78, 5) is 16.1. The minimum absolute atomic E-state index is 0.232. The Bertz CT molecular complexity index is 594. The number of nitrogens with zero attached hydrogens (tertiary/aromatic N) is 1. The highest BCUT2D eigenvalue weighted by molar-refractivity contribution is 6.04. The zero-order valence-electron chi connectivity index (χ0n) is 10.9. The molecule has 98 valence electrons. The van der Waals surface area contributed by atoms with E-state index in [9.17, 15) is 9.90 Å². The fourth-order valence-electron chi connectivity index (χ4n) is 1.85. The number of carbonyl (C=O) groups excluding carboxylic acids is 1. The van der Waals surface area contributed by atoms with Crippen molar-refractivity contribution >= 4 is 11.6 Å². The average Bonchev–Trinajstić information content (AvgIpc) is 2.39. The first-order valence-corrected chi connectivity index (χ1v) is 6.08. The van der Waals surface area contributed by atoms with Crippen LogP contribution in [-0.4, -0.2) is 16.0 Å². The Labute approximate surface area is 112 Å². The highest BCUT2D eigenvalue weighted by Crippen LogP contribution is 2.22. The van der Waals surface area contributed by atoms with Crippen LogP contribution in [0.4, 0.5) is 5.69 Å². The van der Waals surface area contributed by atoms with Crippen molar-refractivity contribution in [3.05, 3.63) is 59.4 Å². The molecule has 1 amide bonds. The zero-order valence-corrected chi connectivity index (χ0v) is 10.9. The van der Waals surface area contributed by atoms with Crippen molar-refractivity contribution in [2.45, 2.75) is 20.0 Å². The smallest absolute Gasteiger partial charge is 0.257 e. The predicted octanol–water partition coefficient (Wildman–Crippen LogP) is 2.70. The summed E-state index contributed by atoms with van der Waals surface area (Å²) in [6.07, 6.45) is 2.58. The fourth-order valence-corrected chi connectivity index (χ4v) is 1.85. The van der Waals surface area contributed by atoms with E-state index in [-0.39, 0.29) is 5.91 Å². The third kappa shape index (κ3) is 3.17. The summed E-state index contributed by atoms with van der Waals surface area (Å²) in [5.74, 6) is -0.232. The lowest BCUT2D eigenvalue weighted by Crippen LogP contribution is -2.14. The molecule has 1 aromatic carbocycles. The molecule has 1 unspecified atom stereocenters. The fraction of sp³-hybridized carbons (Fsp3) is 0.200. The van der Waals surface area contributed by atoms with Crippen LogP contribution in [0.15, 0.2) is 42.7 Å². The van der Waals surface area contributed by atoms with Crippen LogP contribution >= 0.6 is 0 Å². The molecule has 1 atom stereocenters.